The van der Waals surface area contributed by atoms with Crippen LogP contribution in [0.3, 0.4) is 0 Å². The van der Waals surface area contributed by atoms with Crippen molar-refractivity contribution in [2.24, 2.45) is 0 Å². The minimum Gasteiger partial charge on any atom is -0.459 e. The zero-order valence-corrected chi connectivity index (χ0v) is 24.5. The molecule has 10 nitrogen and oxygen atoms in total. The van der Waals surface area contributed by atoms with E-state index in [1.165, 1.54) is 4.90 Å². The van der Waals surface area contributed by atoms with Gasteiger partial charge in [0, 0.05) is 26.1 Å². The Balaban J connectivity index is 5.31. The van der Waals surface area contributed by atoms with Crippen LogP contribution in [0.25, 0.3) is 0 Å². The number of nitrogens with zero attached hydrogens (tertiary/aromatic N) is 2. The van der Waals surface area contributed by atoms with Crippen LogP contribution in [0, 0.1) is 0 Å². The Morgan fingerprint density at radius 1 is 0.595 bits per heavy atom. The van der Waals surface area contributed by atoms with E-state index in [2.05, 4.69) is 0 Å². The summed E-state index contributed by atoms with van der Waals surface area (Å²) in [6.45, 7) is 16.1. The molecule has 0 saturated heterocycles. The Hall–Kier alpha value is -2.20. The van der Waals surface area contributed by atoms with E-state index in [-0.39, 0.29) is 45.1 Å². The van der Waals surface area contributed by atoms with E-state index < -0.39 is 34.7 Å². The molecular weight excluding hydrogens is 480 g/mol. The van der Waals surface area contributed by atoms with Crippen LogP contribution in [0.2, 0.25) is 0 Å². The lowest BCUT2D eigenvalue weighted by molar-refractivity contribution is -0.160. The second-order valence-electron chi connectivity index (χ2n) is 12.2. The molecule has 0 aliphatic carbocycles. The standard InChI is InChI=1S/C27H50N2O8/c1-25(2,3)35-22(32)18-28(19-23(33)36-26(4,5)6)15-13-16-29(20-24(34)37-27(7,8)9)21(31)14-11-10-12-17-30/h30H,10-20H2,1-9H3. The Labute approximate surface area is 223 Å². The largest absolute Gasteiger partial charge is 0.459 e. The molecule has 0 rings (SSSR count). The third kappa shape index (κ3) is 20.5. The van der Waals surface area contributed by atoms with Gasteiger partial charge in [-0.2, -0.15) is 0 Å². The molecule has 0 aliphatic heterocycles. The highest BCUT2D eigenvalue weighted by Gasteiger charge is 2.25. The van der Waals surface area contributed by atoms with Gasteiger partial charge in [-0.1, -0.05) is 6.42 Å². The van der Waals surface area contributed by atoms with Crippen molar-refractivity contribution in [1.29, 1.82) is 0 Å². The van der Waals surface area contributed by atoms with E-state index in [4.69, 9.17) is 19.3 Å². The first-order valence-corrected chi connectivity index (χ1v) is 13.1. The maximum absolute atomic E-state index is 12.8. The topological polar surface area (TPSA) is 123 Å². The smallest absolute Gasteiger partial charge is 0.326 e. The first kappa shape index (κ1) is 34.8. The third-order valence-corrected chi connectivity index (χ3v) is 4.59. The van der Waals surface area contributed by atoms with Crippen LogP contribution in [-0.4, -0.2) is 94.9 Å². The van der Waals surface area contributed by atoms with E-state index in [0.29, 0.717) is 32.2 Å². The normalized spacial score (nSPS) is 12.3. The van der Waals surface area contributed by atoms with Crippen molar-refractivity contribution in [1.82, 2.24) is 9.80 Å². The maximum atomic E-state index is 12.8. The molecule has 37 heavy (non-hydrogen) atoms. The summed E-state index contributed by atoms with van der Waals surface area (Å²) in [5.74, 6) is -1.63. The fraction of sp³-hybridized carbons (Fsp3) is 0.852. The van der Waals surface area contributed by atoms with Crippen molar-refractivity contribution in [2.45, 2.75) is 111 Å². The molecule has 0 saturated carbocycles. The first-order valence-electron chi connectivity index (χ1n) is 13.1. The number of amides is 1. The van der Waals surface area contributed by atoms with E-state index in [1.807, 2.05) is 0 Å². The van der Waals surface area contributed by atoms with Gasteiger partial charge in [-0.3, -0.25) is 24.1 Å². The zero-order chi connectivity index (χ0) is 28.9. The minimum atomic E-state index is -0.676. The summed E-state index contributed by atoms with van der Waals surface area (Å²) in [7, 11) is 0. The summed E-state index contributed by atoms with van der Waals surface area (Å²) in [5, 5.41) is 8.96. The first-order chi connectivity index (χ1) is 16.8. The fourth-order valence-corrected chi connectivity index (χ4v) is 3.36. The molecular formula is C27H50N2O8. The molecule has 1 amide bonds. The number of hydrogen-bond acceptors (Lipinski definition) is 9. The summed E-state index contributed by atoms with van der Waals surface area (Å²) >= 11 is 0. The number of rotatable bonds is 15. The number of aliphatic hydroxyl groups is 1. The fourth-order valence-electron chi connectivity index (χ4n) is 3.36. The summed E-state index contributed by atoms with van der Waals surface area (Å²) < 4.78 is 16.2. The van der Waals surface area contributed by atoms with Gasteiger partial charge in [0.2, 0.25) is 5.91 Å². The molecule has 0 bridgehead atoms. The molecule has 10 heteroatoms. The number of esters is 3. The lowest BCUT2D eigenvalue weighted by Gasteiger charge is -2.28. The molecule has 0 unspecified atom stereocenters. The van der Waals surface area contributed by atoms with Gasteiger partial charge in [-0.05, 0) is 81.6 Å². The van der Waals surface area contributed by atoms with Crippen molar-refractivity contribution < 1.29 is 38.5 Å². The number of hydrogen-bond donors (Lipinski definition) is 1. The van der Waals surface area contributed by atoms with Crippen molar-refractivity contribution in [2.75, 3.05) is 39.3 Å². The summed E-state index contributed by atoms with van der Waals surface area (Å²) in [5.41, 5.74) is -2.01. The molecule has 0 fully saturated rings. The predicted octanol–water partition coefficient (Wildman–Crippen LogP) is 3.08. The van der Waals surface area contributed by atoms with Crippen LogP contribution >= 0.6 is 0 Å². The molecule has 1 N–H and O–H groups in total. The van der Waals surface area contributed by atoms with E-state index >= 15 is 0 Å². The summed E-state index contributed by atoms with van der Waals surface area (Å²) in [4.78, 5) is 53.2. The van der Waals surface area contributed by atoms with Crippen LogP contribution in [0.15, 0.2) is 0 Å². The molecule has 0 radical (unpaired) electrons. The average Bonchev–Trinajstić information content (AvgIpc) is 2.65. The van der Waals surface area contributed by atoms with Crippen LogP contribution < -0.4 is 0 Å². The molecule has 0 aromatic carbocycles. The van der Waals surface area contributed by atoms with Crippen molar-refractivity contribution >= 4 is 23.8 Å². The molecule has 216 valence electrons. The van der Waals surface area contributed by atoms with Gasteiger partial charge in [0.05, 0.1) is 13.1 Å². The van der Waals surface area contributed by atoms with Crippen LogP contribution in [0.4, 0.5) is 0 Å². The lowest BCUT2D eigenvalue weighted by atomic mass is 10.1. The third-order valence-electron chi connectivity index (χ3n) is 4.59. The van der Waals surface area contributed by atoms with Gasteiger partial charge in [0.15, 0.2) is 0 Å². The van der Waals surface area contributed by atoms with Gasteiger partial charge in [0.25, 0.3) is 0 Å². The SMILES string of the molecule is CC(C)(C)OC(=O)CN(CCCN(CC(=O)OC(C)(C)C)C(=O)CCCCCO)CC(=O)OC(C)(C)C. The number of carbonyl (C=O) groups excluding carboxylic acids is 4. The van der Waals surface area contributed by atoms with Gasteiger partial charge >= 0.3 is 17.9 Å². The Kier molecular flexibility index (Phi) is 15.0. The van der Waals surface area contributed by atoms with Crippen molar-refractivity contribution in [3.63, 3.8) is 0 Å². The second kappa shape index (κ2) is 15.9. The molecule has 0 aliphatic rings. The summed E-state index contributed by atoms with van der Waals surface area (Å²) in [6.07, 6.45) is 2.60. The van der Waals surface area contributed by atoms with E-state index in [1.54, 1.807) is 67.2 Å². The molecule has 0 heterocycles. The van der Waals surface area contributed by atoms with Gasteiger partial charge in [-0.25, -0.2) is 0 Å². The maximum Gasteiger partial charge on any atom is 0.326 e. The number of carbonyl (C=O) groups is 4. The monoisotopic (exact) mass is 530 g/mol. The number of unbranched alkanes of at least 4 members (excludes halogenated alkanes) is 2. The molecule has 0 aromatic heterocycles. The van der Waals surface area contributed by atoms with Crippen LogP contribution in [0.1, 0.15) is 94.4 Å². The molecule has 0 aromatic rings. The predicted molar refractivity (Wildman–Crippen MR) is 141 cm³/mol. The van der Waals surface area contributed by atoms with Crippen LogP contribution in [0.5, 0.6) is 0 Å². The highest BCUT2D eigenvalue weighted by Crippen LogP contribution is 2.12. The van der Waals surface area contributed by atoms with E-state index in [0.717, 1.165) is 0 Å². The Morgan fingerprint density at radius 3 is 1.43 bits per heavy atom. The average molecular weight is 531 g/mol. The minimum absolute atomic E-state index is 0.0704. The number of ether oxygens (including phenoxy) is 3. The lowest BCUT2D eigenvalue weighted by Crippen LogP contribution is -2.42. The van der Waals surface area contributed by atoms with Gasteiger partial charge in [-0.15, -0.1) is 0 Å². The van der Waals surface area contributed by atoms with E-state index in [9.17, 15) is 19.2 Å². The molecule has 0 spiro atoms. The van der Waals surface area contributed by atoms with Crippen molar-refractivity contribution in [3.8, 4) is 0 Å². The quantitative estimate of drug-likeness (QED) is 0.193. The Bertz CT molecular complexity index is 702. The number of aliphatic hydroxyl groups excluding tert-OH is 1. The highest BCUT2D eigenvalue weighted by atomic mass is 16.6. The van der Waals surface area contributed by atoms with Gasteiger partial charge in [0.1, 0.15) is 23.3 Å². The second-order valence-corrected chi connectivity index (χ2v) is 12.2. The zero-order valence-electron chi connectivity index (χ0n) is 24.5. The molecule has 0 atom stereocenters. The van der Waals surface area contributed by atoms with Gasteiger partial charge < -0.3 is 24.2 Å². The highest BCUT2D eigenvalue weighted by molar-refractivity contribution is 5.82. The van der Waals surface area contributed by atoms with Crippen molar-refractivity contribution in [3.05, 3.63) is 0 Å². The Morgan fingerprint density at radius 2 is 1.03 bits per heavy atom. The van der Waals surface area contributed by atoms with Crippen LogP contribution in [-0.2, 0) is 33.4 Å². The summed E-state index contributed by atoms with van der Waals surface area (Å²) in [6, 6.07) is 0.